The predicted molar refractivity (Wildman–Crippen MR) is 49.0 cm³/mol. The van der Waals surface area contributed by atoms with E-state index in [4.69, 9.17) is 0 Å². The lowest BCUT2D eigenvalue weighted by molar-refractivity contribution is -0.120. The highest BCUT2D eigenvalue weighted by Crippen LogP contribution is 1.99. The summed E-state index contributed by atoms with van der Waals surface area (Å²) in [7, 11) is 0. The van der Waals surface area contributed by atoms with Crippen LogP contribution in [-0.4, -0.2) is 24.3 Å². The van der Waals surface area contributed by atoms with Gasteiger partial charge in [-0.15, -0.1) is 0 Å². The van der Waals surface area contributed by atoms with E-state index in [9.17, 15) is 9.59 Å². The molecule has 0 aromatic carbocycles. The normalized spacial score (nSPS) is 25.2. The van der Waals surface area contributed by atoms with E-state index in [2.05, 4.69) is 10.6 Å². The van der Waals surface area contributed by atoms with Gasteiger partial charge in [-0.05, 0) is 6.92 Å². The van der Waals surface area contributed by atoms with Gasteiger partial charge in [-0.3, -0.25) is 9.59 Å². The van der Waals surface area contributed by atoms with Crippen LogP contribution in [0, 0.1) is 0 Å². The summed E-state index contributed by atoms with van der Waals surface area (Å²) in [6, 6.07) is 0.126. The molecule has 1 atom stereocenters. The van der Waals surface area contributed by atoms with Crippen LogP contribution in [0.15, 0.2) is 11.8 Å². The van der Waals surface area contributed by atoms with Gasteiger partial charge in [-0.25, -0.2) is 0 Å². The Bertz CT molecular complexity index is 258. The Morgan fingerprint density at radius 1 is 1.69 bits per heavy atom. The SMILES string of the molecule is CCC(=O)/C=C1\NC[C@H](C)NC1=O. The number of ketones is 1. The zero-order chi connectivity index (χ0) is 9.84. The molecule has 0 unspecified atom stereocenters. The zero-order valence-electron chi connectivity index (χ0n) is 7.89. The van der Waals surface area contributed by atoms with Gasteiger partial charge in [-0.1, -0.05) is 6.92 Å². The standard InChI is InChI=1S/C9H14N2O2/c1-3-7(12)4-8-9(13)11-6(2)5-10-8/h4,6,10H,3,5H2,1-2H3,(H,11,13)/b8-4-/t6-/m0/s1. The Kier molecular flexibility index (Phi) is 3.06. The third-order valence-corrected chi connectivity index (χ3v) is 1.87. The van der Waals surface area contributed by atoms with Crippen molar-refractivity contribution >= 4 is 11.7 Å². The summed E-state index contributed by atoms with van der Waals surface area (Å²) in [4.78, 5) is 22.3. The van der Waals surface area contributed by atoms with Crippen LogP contribution >= 0.6 is 0 Å². The summed E-state index contributed by atoms with van der Waals surface area (Å²) < 4.78 is 0. The number of allylic oxidation sites excluding steroid dienone is 1. The molecule has 1 heterocycles. The van der Waals surface area contributed by atoms with Crippen molar-refractivity contribution in [1.29, 1.82) is 0 Å². The zero-order valence-corrected chi connectivity index (χ0v) is 7.89. The van der Waals surface area contributed by atoms with Crippen molar-refractivity contribution in [3.05, 3.63) is 11.8 Å². The van der Waals surface area contributed by atoms with E-state index in [0.717, 1.165) is 0 Å². The molecule has 1 saturated heterocycles. The first-order valence-corrected chi connectivity index (χ1v) is 4.42. The van der Waals surface area contributed by atoms with Crippen molar-refractivity contribution in [2.45, 2.75) is 26.3 Å². The number of carbonyl (C=O) groups excluding carboxylic acids is 2. The predicted octanol–water partition coefficient (Wildman–Crippen LogP) is -0.0427. The Hall–Kier alpha value is -1.32. The summed E-state index contributed by atoms with van der Waals surface area (Å²) in [5.74, 6) is -0.229. The van der Waals surface area contributed by atoms with Crippen molar-refractivity contribution in [1.82, 2.24) is 10.6 Å². The number of piperazine rings is 1. The smallest absolute Gasteiger partial charge is 0.267 e. The molecule has 0 aliphatic carbocycles. The van der Waals surface area contributed by atoms with E-state index in [-0.39, 0.29) is 17.7 Å². The van der Waals surface area contributed by atoms with Crippen LogP contribution in [0.4, 0.5) is 0 Å². The Morgan fingerprint density at radius 2 is 2.38 bits per heavy atom. The van der Waals surface area contributed by atoms with Crippen LogP contribution in [0.5, 0.6) is 0 Å². The summed E-state index contributed by atoms with van der Waals surface area (Å²) in [5, 5.41) is 5.65. The maximum Gasteiger partial charge on any atom is 0.267 e. The Labute approximate surface area is 77.4 Å². The summed E-state index contributed by atoms with van der Waals surface area (Å²) in [5.41, 5.74) is 0.380. The number of amides is 1. The minimum absolute atomic E-state index is 0.0350. The first-order valence-electron chi connectivity index (χ1n) is 4.42. The van der Waals surface area contributed by atoms with Gasteiger partial charge in [0.15, 0.2) is 5.78 Å². The molecule has 13 heavy (non-hydrogen) atoms. The maximum absolute atomic E-state index is 11.3. The minimum atomic E-state index is -0.194. The molecule has 0 bridgehead atoms. The molecule has 1 amide bonds. The topological polar surface area (TPSA) is 58.2 Å². The lowest BCUT2D eigenvalue weighted by atomic mass is 10.2. The Balaban J connectivity index is 2.66. The van der Waals surface area contributed by atoms with Gasteiger partial charge in [0.1, 0.15) is 5.70 Å². The van der Waals surface area contributed by atoms with E-state index in [1.54, 1.807) is 6.92 Å². The third-order valence-electron chi connectivity index (χ3n) is 1.87. The van der Waals surface area contributed by atoms with E-state index >= 15 is 0 Å². The summed E-state index contributed by atoms with van der Waals surface area (Å²) in [6.07, 6.45) is 1.79. The third kappa shape index (κ3) is 2.57. The van der Waals surface area contributed by atoms with Gasteiger partial charge in [0.2, 0.25) is 0 Å². The fourth-order valence-corrected chi connectivity index (χ4v) is 1.08. The highest BCUT2D eigenvalue weighted by molar-refractivity contribution is 6.01. The number of nitrogens with one attached hydrogen (secondary N) is 2. The van der Waals surface area contributed by atoms with E-state index in [1.807, 2.05) is 6.92 Å². The van der Waals surface area contributed by atoms with Crippen LogP contribution in [0.1, 0.15) is 20.3 Å². The molecule has 1 aliphatic heterocycles. The van der Waals surface area contributed by atoms with Crippen molar-refractivity contribution in [2.24, 2.45) is 0 Å². The van der Waals surface area contributed by atoms with Crippen molar-refractivity contribution in [3.63, 3.8) is 0 Å². The van der Waals surface area contributed by atoms with Gasteiger partial charge < -0.3 is 10.6 Å². The number of hydrogen-bond donors (Lipinski definition) is 2. The average molecular weight is 182 g/mol. The summed E-state index contributed by atoms with van der Waals surface area (Å²) >= 11 is 0. The van der Waals surface area contributed by atoms with Crippen molar-refractivity contribution < 1.29 is 9.59 Å². The van der Waals surface area contributed by atoms with Crippen LogP contribution in [0.25, 0.3) is 0 Å². The fraction of sp³-hybridized carbons (Fsp3) is 0.556. The van der Waals surface area contributed by atoms with Crippen LogP contribution in [-0.2, 0) is 9.59 Å². The molecule has 0 spiro atoms. The first-order chi connectivity index (χ1) is 6.13. The molecule has 0 saturated carbocycles. The molecule has 1 aliphatic rings. The minimum Gasteiger partial charge on any atom is -0.378 e. The van der Waals surface area contributed by atoms with E-state index in [1.165, 1.54) is 6.08 Å². The van der Waals surface area contributed by atoms with E-state index in [0.29, 0.717) is 18.7 Å². The van der Waals surface area contributed by atoms with Crippen LogP contribution in [0.2, 0.25) is 0 Å². The van der Waals surface area contributed by atoms with Gasteiger partial charge in [0, 0.05) is 25.1 Å². The Morgan fingerprint density at radius 3 is 2.92 bits per heavy atom. The molecule has 0 aromatic heterocycles. The largest absolute Gasteiger partial charge is 0.378 e. The maximum atomic E-state index is 11.3. The lowest BCUT2D eigenvalue weighted by Gasteiger charge is -2.23. The summed E-state index contributed by atoms with van der Waals surface area (Å²) in [6.45, 7) is 4.35. The average Bonchev–Trinajstić information content (AvgIpc) is 2.09. The highest BCUT2D eigenvalue weighted by atomic mass is 16.2. The molecule has 2 N–H and O–H groups in total. The van der Waals surface area contributed by atoms with Crippen molar-refractivity contribution in [3.8, 4) is 0 Å². The second-order valence-corrected chi connectivity index (χ2v) is 3.13. The molecule has 0 radical (unpaired) electrons. The van der Waals surface area contributed by atoms with Gasteiger partial charge >= 0.3 is 0 Å². The highest BCUT2D eigenvalue weighted by Gasteiger charge is 2.18. The molecular formula is C9H14N2O2. The molecule has 1 rings (SSSR count). The molecule has 0 aromatic rings. The molecule has 72 valence electrons. The monoisotopic (exact) mass is 182 g/mol. The molecular weight excluding hydrogens is 168 g/mol. The second-order valence-electron chi connectivity index (χ2n) is 3.13. The first kappa shape index (κ1) is 9.77. The van der Waals surface area contributed by atoms with Crippen molar-refractivity contribution in [2.75, 3.05) is 6.54 Å². The van der Waals surface area contributed by atoms with Gasteiger partial charge in [0.25, 0.3) is 5.91 Å². The number of rotatable bonds is 2. The van der Waals surface area contributed by atoms with Crippen LogP contribution in [0.3, 0.4) is 0 Å². The fourth-order valence-electron chi connectivity index (χ4n) is 1.08. The number of carbonyl (C=O) groups is 2. The van der Waals surface area contributed by atoms with Gasteiger partial charge in [-0.2, -0.15) is 0 Å². The second kappa shape index (κ2) is 4.07. The lowest BCUT2D eigenvalue weighted by Crippen LogP contribution is -2.49. The molecule has 4 nitrogen and oxygen atoms in total. The van der Waals surface area contributed by atoms with Gasteiger partial charge in [0.05, 0.1) is 0 Å². The molecule has 1 fully saturated rings. The van der Waals surface area contributed by atoms with Crippen LogP contribution < -0.4 is 10.6 Å². The number of hydrogen-bond acceptors (Lipinski definition) is 3. The molecule has 4 heteroatoms. The quantitative estimate of drug-likeness (QED) is 0.589. The van der Waals surface area contributed by atoms with E-state index < -0.39 is 0 Å².